The van der Waals surface area contributed by atoms with Crippen molar-refractivity contribution in [3.05, 3.63) is 76.8 Å². The molecule has 1 aromatic heterocycles. The van der Waals surface area contributed by atoms with Crippen LogP contribution in [-0.2, 0) is 0 Å². The first-order valence-corrected chi connectivity index (χ1v) is 7.89. The quantitative estimate of drug-likeness (QED) is 0.344. The molecule has 0 amide bonds. The van der Waals surface area contributed by atoms with E-state index in [0.29, 0.717) is 11.3 Å². The molecule has 0 radical (unpaired) electrons. The molecule has 1 heterocycles. The van der Waals surface area contributed by atoms with Crippen LogP contribution >= 0.6 is 15.9 Å². The summed E-state index contributed by atoms with van der Waals surface area (Å²) >= 11 is 3.34. The number of carbonyl (C=O) groups is 1. The molecule has 23 heavy (non-hydrogen) atoms. The first-order valence-electron chi connectivity index (χ1n) is 7.10. The second-order valence-corrected chi connectivity index (χ2v) is 6.07. The monoisotopic (exact) mass is 366 g/mol. The Morgan fingerprint density at radius 2 is 1.61 bits per heavy atom. The molecule has 0 unspecified atom stereocenters. The highest BCUT2D eigenvalue weighted by atomic mass is 79.9. The molecule has 4 heteroatoms. The fourth-order valence-corrected chi connectivity index (χ4v) is 2.78. The molecule has 0 aliphatic heterocycles. The van der Waals surface area contributed by atoms with E-state index in [4.69, 9.17) is 9.15 Å². The first-order chi connectivity index (χ1) is 11.2. The lowest BCUT2D eigenvalue weighted by Crippen LogP contribution is -2.08. The van der Waals surface area contributed by atoms with Gasteiger partial charge in [-0.3, -0.25) is 0 Å². The number of para-hydroxylation sites is 1. The van der Waals surface area contributed by atoms with Crippen molar-refractivity contribution in [2.24, 2.45) is 0 Å². The summed E-state index contributed by atoms with van der Waals surface area (Å²) in [4.78, 5) is 12.2. The molecule has 0 N–H and O–H groups in total. The molecule has 0 saturated heterocycles. The summed E-state index contributed by atoms with van der Waals surface area (Å²) in [5, 5.41) is 1.94. The molecule has 0 aliphatic carbocycles. The van der Waals surface area contributed by atoms with E-state index >= 15 is 0 Å². The van der Waals surface area contributed by atoms with Crippen LogP contribution in [0.25, 0.3) is 21.9 Å². The zero-order valence-corrected chi connectivity index (χ0v) is 13.5. The third kappa shape index (κ3) is 2.62. The average Bonchev–Trinajstić information content (AvgIpc) is 2.93. The number of esters is 1. The number of carbonyl (C=O) groups excluding carboxylic acids is 1. The minimum Gasteiger partial charge on any atom is -0.456 e. The summed E-state index contributed by atoms with van der Waals surface area (Å²) in [6, 6.07) is 20.2. The number of furan rings is 1. The van der Waals surface area contributed by atoms with Gasteiger partial charge in [0.25, 0.3) is 0 Å². The van der Waals surface area contributed by atoms with Crippen molar-refractivity contribution in [2.75, 3.05) is 0 Å². The van der Waals surface area contributed by atoms with Crippen LogP contribution in [0.3, 0.4) is 0 Å². The summed E-state index contributed by atoms with van der Waals surface area (Å²) in [6.45, 7) is 0. The Hall–Kier alpha value is -2.59. The van der Waals surface area contributed by atoms with Gasteiger partial charge in [0, 0.05) is 15.2 Å². The lowest BCUT2D eigenvalue weighted by Gasteiger charge is -2.04. The second-order valence-electron chi connectivity index (χ2n) is 5.15. The van der Waals surface area contributed by atoms with E-state index in [2.05, 4.69) is 15.9 Å². The summed E-state index contributed by atoms with van der Waals surface area (Å²) in [7, 11) is 0. The molecule has 0 fully saturated rings. The van der Waals surface area contributed by atoms with Crippen molar-refractivity contribution in [1.82, 2.24) is 0 Å². The first kappa shape index (κ1) is 14.0. The zero-order chi connectivity index (χ0) is 15.8. The highest BCUT2D eigenvalue weighted by Gasteiger charge is 2.11. The molecule has 3 nitrogen and oxygen atoms in total. The molecule has 0 atom stereocenters. The van der Waals surface area contributed by atoms with Crippen LogP contribution in [0.15, 0.2) is 75.6 Å². The molecular weight excluding hydrogens is 356 g/mol. The van der Waals surface area contributed by atoms with Crippen molar-refractivity contribution < 1.29 is 13.9 Å². The predicted molar refractivity (Wildman–Crippen MR) is 92.8 cm³/mol. The van der Waals surface area contributed by atoms with E-state index in [1.807, 2.05) is 48.5 Å². The minimum absolute atomic E-state index is 0.385. The van der Waals surface area contributed by atoms with Gasteiger partial charge in [-0.25, -0.2) is 4.79 Å². The molecule has 0 spiro atoms. The Balaban J connectivity index is 1.70. The van der Waals surface area contributed by atoms with Crippen LogP contribution in [-0.4, -0.2) is 5.97 Å². The van der Waals surface area contributed by atoms with Crippen LogP contribution in [0.5, 0.6) is 5.75 Å². The van der Waals surface area contributed by atoms with Crippen molar-refractivity contribution in [3.63, 3.8) is 0 Å². The van der Waals surface area contributed by atoms with Crippen LogP contribution in [0.2, 0.25) is 0 Å². The normalized spacial score (nSPS) is 11.0. The Labute approximate surface area is 140 Å². The standard InChI is InChI=1S/C19H11BrO3/c20-13-7-5-12(6-8-13)19(21)22-14-9-10-18-16(11-14)15-3-1-2-4-17(15)23-18/h1-11H. The van der Waals surface area contributed by atoms with Crippen LogP contribution < -0.4 is 4.74 Å². The Morgan fingerprint density at radius 3 is 2.43 bits per heavy atom. The molecule has 4 aromatic rings. The van der Waals surface area contributed by atoms with Gasteiger partial charge in [0.05, 0.1) is 5.56 Å². The summed E-state index contributed by atoms with van der Waals surface area (Å²) in [5.74, 6) is 0.113. The SMILES string of the molecule is O=C(Oc1ccc2oc3ccccc3c2c1)c1ccc(Br)cc1. The van der Waals surface area contributed by atoms with Crippen molar-refractivity contribution in [1.29, 1.82) is 0 Å². The topological polar surface area (TPSA) is 39.4 Å². The Bertz CT molecular complexity index is 1020. The van der Waals surface area contributed by atoms with Crippen molar-refractivity contribution in [3.8, 4) is 5.75 Å². The summed E-state index contributed by atoms with van der Waals surface area (Å²) in [5.41, 5.74) is 2.10. The number of benzene rings is 3. The van der Waals surface area contributed by atoms with Crippen LogP contribution in [0.1, 0.15) is 10.4 Å². The molecule has 4 rings (SSSR count). The lowest BCUT2D eigenvalue weighted by molar-refractivity contribution is 0.0735. The zero-order valence-electron chi connectivity index (χ0n) is 12.0. The smallest absolute Gasteiger partial charge is 0.343 e. The fourth-order valence-electron chi connectivity index (χ4n) is 2.52. The largest absolute Gasteiger partial charge is 0.456 e. The van der Waals surface area contributed by atoms with Crippen molar-refractivity contribution in [2.45, 2.75) is 0 Å². The summed E-state index contributed by atoms with van der Waals surface area (Å²) in [6.07, 6.45) is 0. The number of hydrogen-bond donors (Lipinski definition) is 0. The molecule has 3 aromatic carbocycles. The lowest BCUT2D eigenvalue weighted by atomic mass is 10.1. The maximum absolute atomic E-state index is 12.2. The Kier molecular flexibility index (Phi) is 3.39. The van der Waals surface area contributed by atoms with E-state index in [1.54, 1.807) is 18.2 Å². The van der Waals surface area contributed by atoms with Gasteiger partial charge in [-0.15, -0.1) is 0 Å². The summed E-state index contributed by atoms with van der Waals surface area (Å²) < 4.78 is 12.2. The van der Waals surface area contributed by atoms with Gasteiger partial charge in [-0.2, -0.15) is 0 Å². The maximum Gasteiger partial charge on any atom is 0.343 e. The third-order valence-corrected chi connectivity index (χ3v) is 4.17. The molecular formula is C19H11BrO3. The van der Waals surface area contributed by atoms with E-state index in [9.17, 15) is 4.79 Å². The van der Waals surface area contributed by atoms with Gasteiger partial charge >= 0.3 is 5.97 Å². The number of halogens is 1. The van der Waals surface area contributed by atoms with E-state index in [0.717, 1.165) is 26.4 Å². The second kappa shape index (κ2) is 5.56. The third-order valence-electron chi connectivity index (χ3n) is 3.64. The number of ether oxygens (including phenoxy) is 1. The van der Waals surface area contributed by atoms with Gasteiger partial charge in [-0.05, 0) is 48.5 Å². The molecule has 0 bridgehead atoms. The molecule has 0 saturated carbocycles. The number of rotatable bonds is 2. The Morgan fingerprint density at radius 1 is 0.870 bits per heavy atom. The van der Waals surface area contributed by atoms with Gasteiger partial charge < -0.3 is 9.15 Å². The molecule has 112 valence electrons. The van der Waals surface area contributed by atoms with Crippen LogP contribution in [0, 0.1) is 0 Å². The van der Waals surface area contributed by atoms with Gasteiger partial charge in [0.2, 0.25) is 0 Å². The van der Waals surface area contributed by atoms with E-state index < -0.39 is 0 Å². The fraction of sp³-hybridized carbons (Fsp3) is 0. The van der Waals surface area contributed by atoms with Crippen molar-refractivity contribution >= 4 is 43.8 Å². The van der Waals surface area contributed by atoms with E-state index in [1.165, 1.54) is 0 Å². The number of fused-ring (bicyclic) bond motifs is 3. The van der Waals surface area contributed by atoms with Gasteiger partial charge in [0.15, 0.2) is 0 Å². The van der Waals surface area contributed by atoms with Gasteiger partial charge in [-0.1, -0.05) is 34.1 Å². The average molecular weight is 367 g/mol. The van der Waals surface area contributed by atoms with E-state index in [-0.39, 0.29) is 5.97 Å². The number of hydrogen-bond acceptors (Lipinski definition) is 3. The highest BCUT2D eigenvalue weighted by Crippen LogP contribution is 2.31. The predicted octanol–water partition coefficient (Wildman–Crippen LogP) is 5.57. The van der Waals surface area contributed by atoms with Crippen LogP contribution in [0.4, 0.5) is 0 Å². The maximum atomic E-state index is 12.2. The minimum atomic E-state index is -0.385. The molecule has 0 aliphatic rings. The van der Waals surface area contributed by atoms with Gasteiger partial charge in [0.1, 0.15) is 16.9 Å². The highest BCUT2D eigenvalue weighted by molar-refractivity contribution is 9.10.